The highest BCUT2D eigenvalue weighted by atomic mass is 35.5. The minimum absolute atomic E-state index is 0.00624. The van der Waals surface area contributed by atoms with Gasteiger partial charge in [-0.2, -0.15) is 4.31 Å². The quantitative estimate of drug-likeness (QED) is 0.285. The molecule has 1 N–H and O–H groups in total. The van der Waals surface area contributed by atoms with Crippen LogP contribution >= 0.6 is 11.6 Å². The fourth-order valence-electron chi connectivity index (χ4n) is 2.91. The van der Waals surface area contributed by atoms with Crippen LogP contribution in [-0.4, -0.2) is 49.2 Å². The highest BCUT2D eigenvalue weighted by molar-refractivity contribution is 7.89. The van der Waals surface area contributed by atoms with Crippen LogP contribution in [0, 0.1) is 10.1 Å². The molecular weight excluding hydrogens is 474 g/mol. The Hall–Kier alpha value is -3.02. The molecule has 2 aromatic carbocycles. The van der Waals surface area contributed by atoms with Crippen molar-refractivity contribution in [1.82, 2.24) is 4.31 Å². The Bertz CT molecular complexity index is 1120. The molecule has 0 bridgehead atoms. The number of hydrogen-bond donors (Lipinski definition) is 1. The number of anilines is 1. The van der Waals surface area contributed by atoms with Gasteiger partial charge < -0.3 is 10.1 Å². The summed E-state index contributed by atoms with van der Waals surface area (Å²) in [6, 6.07) is 9.82. The molecule has 0 aliphatic rings. The average molecular weight is 498 g/mol. The molecule has 0 aliphatic heterocycles. The number of ether oxygens (including phenoxy) is 1. The van der Waals surface area contributed by atoms with E-state index < -0.39 is 33.4 Å². The molecule has 2 aromatic rings. The van der Waals surface area contributed by atoms with Crippen molar-refractivity contribution in [1.29, 1.82) is 0 Å². The zero-order valence-corrected chi connectivity index (χ0v) is 19.7. The van der Waals surface area contributed by atoms with E-state index in [9.17, 15) is 28.1 Å². The van der Waals surface area contributed by atoms with Crippen molar-refractivity contribution in [2.45, 2.75) is 31.6 Å². The van der Waals surface area contributed by atoms with Gasteiger partial charge in [0.1, 0.15) is 0 Å². The molecule has 2 rings (SSSR count). The van der Waals surface area contributed by atoms with E-state index in [4.69, 9.17) is 16.3 Å². The Kier molecular flexibility index (Phi) is 9.32. The van der Waals surface area contributed by atoms with E-state index in [1.165, 1.54) is 28.6 Å². The number of aryl methyl sites for hydroxylation is 1. The number of sulfonamides is 1. The van der Waals surface area contributed by atoms with Gasteiger partial charge in [-0.05, 0) is 30.2 Å². The van der Waals surface area contributed by atoms with E-state index in [0.717, 1.165) is 11.6 Å². The monoisotopic (exact) mass is 497 g/mol. The number of non-ortho nitro benzene ring substituents is 1. The van der Waals surface area contributed by atoms with Crippen LogP contribution in [0.4, 0.5) is 11.4 Å². The summed E-state index contributed by atoms with van der Waals surface area (Å²) in [5.41, 5.74) is 0.679. The van der Waals surface area contributed by atoms with Crippen LogP contribution in [0.5, 0.6) is 0 Å². The van der Waals surface area contributed by atoms with E-state index in [1.807, 2.05) is 0 Å². The Morgan fingerprint density at radius 2 is 1.76 bits per heavy atom. The van der Waals surface area contributed by atoms with Gasteiger partial charge in [-0.25, -0.2) is 8.42 Å². The van der Waals surface area contributed by atoms with Crippen LogP contribution in [0.3, 0.4) is 0 Å². The first-order valence-corrected chi connectivity index (χ1v) is 11.9. The van der Waals surface area contributed by atoms with Crippen LogP contribution < -0.4 is 5.32 Å². The first-order valence-electron chi connectivity index (χ1n) is 10.1. The lowest BCUT2D eigenvalue weighted by Gasteiger charge is -2.18. The number of hydrogen-bond acceptors (Lipinski definition) is 7. The van der Waals surface area contributed by atoms with E-state index in [2.05, 4.69) is 5.32 Å². The largest absolute Gasteiger partial charge is 0.456 e. The van der Waals surface area contributed by atoms with E-state index in [1.54, 1.807) is 26.0 Å². The summed E-state index contributed by atoms with van der Waals surface area (Å²) in [5, 5.41) is 13.1. The molecule has 0 fully saturated rings. The number of rotatable bonds is 11. The smallest absolute Gasteiger partial charge is 0.306 e. The molecule has 12 heteroatoms. The zero-order valence-electron chi connectivity index (χ0n) is 18.1. The Balaban J connectivity index is 1.83. The van der Waals surface area contributed by atoms with Crippen LogP contribution in [-0.2, 0) is 30.8 Å². The lowest BCUT2D eigenvalue weighted by molar-refractivity contribution is -0.384. The molecule has 0 saturated carbocycles. The SMILES string of the molecule is CCN(CC)S(=O)(=O)c1ccc(CCC(=O)OCC(=O)Nc2ccc([N+](=O)[O-])cc2Cl)cc1. The number of nitro benzene ring substituents is 1. The van der Waals surface area contributed by atoms with Gasteiger partial charge in [0.05, 0.1) is 20.5 Å². The predicted octanol–water partition coefficient (Wildman–Crippen LogP) is 3.39. The lowest BCUT2D eigenvalue weighted by Crippen LogP contribution is -2.30. The molecule has 33 heavy (non-hydrogen) atoms. The number of benzene rings is 2. The zero-order chi connectivity index (χ0) is 24.6. The van der Waals surface area contributed by atoms with Gasteiger partial charge in [-0.1, -0.05) is 37.6 Å². The van der Waals surface area contributed by atoms with E-state index >= 15 is 0 Å². The third-order valence-corrected chi connectivity index (χ3v) is 7.06. The minimum Gasteiger partial charge on any atom is -0.456 e. The van der Waals surface area contributed by atoms with Gasteiger partial charge in [0.2, 0.25) is 10.0 Å². The molecule has 0 heterocycles. The predicted molar refractivity (Wildman–Crippen MR) is 123 cm³/mol. The summed E-state index contributed by atoms with van der Waals surface area (Å²) in [7, 11) is -3.55. The van der Waals surface area contributed by atoms with Crippen molar-refractivity contribution in [3.05, 3.63) is 63.2 Å². The highest BCUT2D eigenvalue weighted by Crippen LogP contribution is 2.26. The van der Waals surface area contributed by atoms with Gasteiger partial charge in [0.15, 0.2) is 6.61 Å². The molecule has 0 aromatic heterocycles. The third kappa shape index (κ3) is 7.24. The third-order valence-electron chi connectivity index (χ3n) is 4.69. The summed E-state index contributed by atoms with van der Waals surface area (Å²) in [5.74, 6) is -1.26. The Morgan fingerprint density at radius 1 is 1.12 bits per heavy atom. The number of carbonyl (C=O) groups is 2. The lowest BCUT2D eigenvalue weighted by atomic mass is 10.1. The fourth-order valence-corrected chi connectivity index (χ4v) is 4.59. The molecule has 0 spiro atoms. The number of nitrogens with zero attached hydrogens (tertiary/aromatic N) is 2. The van der Waals surface area contributed by atoms with Gasteiger partial charge in [-0.3, -0.25) is 19.7 Å². The number of nitrogens with one attached hydrogen (secondary N) is 1. The Labute approximate surface area is 196 Å². The van der Waals surface area contributed by atoms with Crippen molar-refractivity contribution < 1.29 is 27.7 Å². The van der Waals surface area contributed by atoms with Crippen LogP contribution in [0.2, 0.25) is 5.02 Å². The maximum absolute atomic E-state index is 12.5. The highest BCUT2D eigenvalue weighted by Gasteiger charge is 2.21. The molecule has 10 nitrogen and oxygen atoms in total. The standard InChI is InChI=1S/C21H24ClN3O7S/c1-3-24(4-2)33(30,31)17-9-5-15(6-10-17)7-12-21(27)32-14-20(26)23-19-11-8-16(25(28)29)13-18(19)22/h5-6,8-11,13H,3-4,7,12,14H2,1-2H3,(H,23,26). The van der Waals surface area contributed by atoms with Gasteiger partial charge >= 0.3 is 5.97 Å². The number of carbonyl (C=O) groups excluding carboxylic acids is 2. The topological polar surface area (TPSA) is 136 Å². The number of esters is 1. The molecule has 0 radical (unpaired) electrons. The van der Waals surface area contributed by atoms with Crippen molar-refractivity contribution in [3.8, 4) is 0 Å². The van der Waals surface area contributed by atoms with Crippen molar-refractivity contribution >= 4 is 44.9 Å². The first kappa shape index (κ1) is 26.2. The second kappa shape index (κ2) is 11.7. The summed E-state index contributed by atoms with van der Waals surface area (Å²) in [6.45, 7) is 3.73. The first-order chi connectivity index (χ1) is 15.6. The van der Waals surface area contributed by atoms with Crippen LogP contribution in [0.1, 0.15) is 25.8 Å². The Morgan fingerprint density at radius 3 is 2.30 bits per heavy atom. The molecule has 0 saturated heterocycles. The van der Waals surface area contributed by atoms with E-state index in [0.29, 0.717) is 19.5 Å². The molecule has 178 valence electrons. The van der Waals surface area contributed by atoms with Crippen molar-refractivity contribution in [2.24, 2.45) is 0 Å². The number of nitro groups is 1. The summed E-state index contributed by atoms with van der Waals surface area (Å²) >= 11 is 5.90. The molecule has 0 unspecified atom stereocenters. The molecule has 1 amide bonds. The second-order valence-corrected chi connectivity index (χ2v) is 9.21. The summed E-state index contributed by atoms with van der Waals surface area (Å²) in [4.78, 5) is 34.2. The summed E-state index contributed by atoms with van der Waals surface area (Å²) < 4.78 is 31.3. The number of halogens is 1. The maximum atomic E-state index is 12.5. The normalized spacial score (nSPS) is 11.3. The van der Waals surface area contributed by atoms with Crippen molar-refractivity contribution in [3.63, 3.8) is 0 Å². The van der Waals surface area contributed by atoms with Crippen LogP contribution in [0.25, 0.3) is 0 Å². The fraction of sp³-hybridized carbons (Fsp3) is 0.333. The van der Waals surface area contributed by atoms with Gasteiger partial charge in [-0.15, -0.1) is 0 Å². The maximum Gasteiger partial charge on any atom is 0.306 e. The molecule has 0 atom stereocenters. The molecule has 0 aliphatic carbocycles. The number of amides is 1. The van der Waals surface area contributed by atoms with Gasteiger partial charge in [0.25, 0.3) is 11.6 Å². The average Bonchev–Trinajstić information content (AvgIpc) is 2.78. The van der Waals surface area contributed by atoms with E-state index in [-0.39, 0.29) is 27.7 Å². The van der Waals surface area contributed by atoms with Gasteiger partial charge in [0, 0.05) is 31.6 Å². The van der Waals surface area contributed by atoms with Crippen LogP contribution in [0.15, 0.2) is 47.4 Å². The molecular formula is C21H24ClN3O7S. The van der Waals surface area contributed by atoms with Crippen molar-refractivity contribution in [2.75, 3.05) is 25.0 Å². The minimum atomic E-state index is -3.55. The second-order valence-electron chi connectivity index (χ2n) is 6.86. The summed E-state index contributed by atoms with van der Waals surface area (Å²) in [6.07, 6.45) is 0.300.